The average molecular weight is 374 g/mol. The van der Waals surface area contributed by atoms with Gasteiger partial charge in [0.05, 0.1) is 12.2 Å². The first-order chi connectivity index (χ1) is 12.7. The van der Waals surface area contributed by atoms with E-state index in [1.807, 2.05) is 0 Å². The molecule has 0 bridgehead atoms. The molecular weight excluding hydrogens is 344 g/mol. The summed E-state index contributed by atoms with van der Waals surface area (Å²) in [6.45, 7) is 10.5. The Hall–Kier alpha value is -1.20. The molecule has 0 aromatic heterocycles. The van der Waals surface area contributed by atoms with Crippen LogP contribution in [0.3, 0.4) is 0 Å². The first kappa shape index (κ1) is 17.9. The number of hydrogen-bond acceptors (Lipinski definition) is 5. The Kier molecular flexibility index (Phi) is 3.46. The van der Waals surface area contributed by atoms with Gasteiger partial charge in [0.25, 0.3) is 0 Å². The lowest BCUT2D eigenvalue weighted by molar-refractivity contribution is -0.141. The van der Waals surface area contributed by atoms with E-state index < -0.39 is 11.2 Å². The molecule has 4 fully saturated rings. The predicted molar refractivity (Wildman–Crippen MR) is 97.9 cm³/mol. The number of epoxide rings is 2. The van der Waals surface area contributed by atoms with Gasteiger partial charge in [-0.25, -0.2) is 0 Å². The number of fused-ring (bicyclic) bond motifs is 1. The van der Waals surface area contributed by atoms with E-state index in [9.17, 15) is 9.59 Å². The van der Waals surface area contributed by atoms with Gasteiger partial charge < -0.3 is 14.2 Å². The van der Waals surface area contributed by atoms with Crippen LogP contribution in [0.25, 0.3) is 0 Å². The third-order valence-corrected chi connectivity index (χ3v) is 8.46. The zero-order chi connectivity index (χ0) is 19.4. The van der Waals surface area contributed by atoms with E-state index in [1.165, 1.54) is 18.1 Å². The van der Waals surface area contributed by atoms with Crippen LogP contribution in [-0.4, -0.2) is 41.8 Å². The molecule has 0 N–H and O–H groups in total. The predicted octanol–water partition coefficient (Wildman–Crippen LogP) is 3.21. The van der Waals surface area contributed by atoms with E-state index in [0.717, 1.165) is 25.7 Å². The topological polar surface area (TPSA) is 68.4 Å². The summed E-state index contributed by atoms with van der Waals surface area (Å²) >= 11 is 0. The monoisotopic (exact) mass is 374 g/mol. The zero-order valence-corrected chi connectivity index (χ0v) is 17.0. The second-order valence-corrected chi connectivity index (χ2v) is 9.93. The minimum absolute atomic E-state index is 0.0390. The third-order valence-electron chi connectivity index (χ3n) is 8.46. The van der Waals surface area contributed by atoms with Crippen LogP contribution >= 0.6 is 0 Å². The van der Waals surface area contributed by atoms with Gasteiger partial charge in [-0.05, 0) is 50.0 Å². The second kappa shape index (κ2) is 5.24. The van der Waals surface area contributed by atoms with Gasteiger partial charge in [0.1, 0.15) is 12.2 Å². The summed E-state index contributed by atoms with van der Waals surface area (Å²) in [5, 5.41) is 0. The molecule has 5 nitrogen and oxygen atoms in total. The molecule has 7 atom stereocenters. The van der Waals surface area contributed by atoms with Crippen molar-refractivity contribution in [1.29, 1.82) is 0 Å². The summed E-state index contributed by atoms with van der Waals surface area (Å²) in [6, 6.07) is 0. The minimum Gasteiger partial charge on any atom is -0.461 e. The average Bonchev–Trinajstić information content (AvgIpc) is 3.48. The van der Waals surface area contributed by atoms with Gasteiger partial charge in [0, 0.05) is 18.3 Å². The van der Waals surface area contributed by atoms with E-state index in [-0.39, 0.29) is 41.2 Å². The highest BCUT2D eigenvalue weighted by Gasteiger charge is 2.93. The molecule has 5 aliphatic rings. The Bertz CT molecular complexity index is 769. The van der Waals surface area contributed by atoms with Crippen LogP contribution in [0.5, 0.6) is 0 Å². The molecule has 5 heteroatoms. The summed E-state index contributed by atoms with van der Waals surface area (Å²) in [4.78, 5) is 24.9. The van der Waals surface area contributed by atoms with Gasteiger partial charge in [-0.15, -0.1) is 0 Å². The number of esters is 1. The molecule has 148 valence electrons. The number of rotatable bonds is 3. The maximum Gasteiger partial charge on any atom is 0.302 e. The largest absolute Gasteiger partial charge is 0.461 e. The van der Waals surface area contributed by atoms with E-state index in [2.05, 4.69) is 27.7 Å². The van der Waals surface area contributed by atoms with E-state index in [1.54, 1.807) is 0 Å². The molecule has 2 saturated heterocycles. The Morgan fingerprint density at radius 2 is 2.00 bits per heavy atom. The van der Waals surface area contributed by atoms with Crippen molar-refractivity contribution in [2.75, 3.05) is 6.61 Å². The Labute approximate surface area is 160 Å². The van der Waals surface area contributed by atoms with Crippen LogP contribution in [0.1, 0.15) is 60.3 Å². The number of allylic oxidation sites excluding steroid dienone is 1. The van der Waals surface area contributed by atoms with Crippen molar-refractivity contribution in [1.82, 2.24) is 0 Å². The standard InChI is InChI=1S/C22H30O5/c1-11(2)14-8-18-22(27-18)20(5)7-6-12(3)15(10-25-13(4)23)16(20)9-17-21(22,26-17)19(14)24/h11,14,16-18H,6-10H2,1-5H3/t14?,16?,17-,18-,20-,21+,22+/m0/s1. The van der Waals surface area contributed by atoms with E-state index in [4.69, 9.17) is 14.2 Å². The fourth-order valence-electron chi connectivity index (χ4n) is 6.90. The smallest absolute Gasteiger partial charge is 0.302 e. The van der Waals surface area contributed by atoms with Crippen molar-refractivity contribution in [3.63, 3.8) is 0 Å². The molecular formula is C22H30O5. The highest BCUT2D eigenvalue weighted by Crippen LogP contribution is 2.78. The molecule has 3 aliphatic carbocycles. The number of hydrogen-bond donors (Lipinski definition) is 0. The molecule has 0 radical (unpaired) electrons. The highest BCUT2D eigenvalue weighted by molar-refractivity contribution is 5.97. The molecule has 2 saturated carbocycles. The first-order valence-corrected chi connectivity index (χ1v) is 10.4. The van der Waals surface area contributed by atoms with Crippen molar-refractivity contribution in [2.24, 2.45) is 23.2 Å². The second-order valence-electron chi connectivity index (χ2n) is 9.93. The van der Waals surface area contributed by atoms with Gasteiger partial charge in [-0.3, -0.25) is 9.59 Å². The lowest BCUT2D eigenvalue weighted by atomic mass is 9.47. The lowest BCUT2D eigenvalue weighted by Gasteiger charge is -2.53. The van der Waals surface area contributed by atoms with Crippen molar-refractivity contribution >= 4 is 11.8 Å². The molecule has 2 spiro atoms. The molecule has 2 aliphatic heterocycles. The van der Waals surface area contributed by atoms with Crippen LogP contribution in [0.4, 0.5) is 0 Å². The van der Waals surface area contributed by atoms with Crippen molar-refractivity contribution in [2.45, 2.75) is 83.7 Å². The van der Waals surface area contributed by atoms with Crippen LogP contribution in [0.15, 0.2) is 11.1 Å². The summed E-state index contributed by atoms with van der Waals surface area (Å²) < 4.78 is 18.1. The molecule has 27 heavy (non-hydrogen) atoms. The Balaban J connectivity index is 1.54. The van der Waals surface area contributed by atoms with Crippen LogP contribution < -0.4 is 0 Å². The van der Waals surface area contributed by atoms with Gasteiger partial charge in [0.15, 0.2) is 11.4 Å². The van der Waals surface area contributed by atoms with Crippen molar-refractivity contribution < 1.29 is 23.8 Å². The summed E-state index contributed by atoms with van der Waals surface area (Å²) in [6.07, 6.45) is 3.68. The minimum atomic E-state index is -0.714. The number of ketones is 1. The normalized spacial score (nSPS) is 49.8. The van der Waals surface area contributed by atoms with E-state index in [0.29, 0.717) is 12.5 Å². The van der Waals surface area contributed by atoms with Gasteiger partial charge in [-0.1, -0.05) is 26.3 Å². The highest BCUT2D eigenvalue weighted by atomic mass is 16.7. The lowest BCUT2D eigenvalue weighted by Crippen LogP contribution is -2.65. The first-order valence-electron chi connectivity index (χ1n) is 10.4. The fourth-order valence-corrected chi connectivity index (χ4v) is 6.90. The quantitative estimate of drug-likeness (QED) is 0.431. The molecule has 2 unspecified atom stereocenters. The molecule has 0 amide bonds. The molecule has 0 aromatic carbocycles. The summed E-state index contributed by atoms with van der Waals surface area (Å²) in [7, 11) is 0. The van der Waals surface area contributed by atoms with Crippen molar-refractivity contribution in [3.05, 3.63) is 11.1 Å². The van der Waals surface area contributed by atoms with Crippen molar-refractivity contribution in [3.8, 4) is 0 Å². The van der Waals surface area contributed by atoms with Crippen LogP contribution in [0, 0.1) is 23.2 Å². The number of Topliss-reactive ketones (excluding diaryl/α,β-unsaturated/α-hetero) is 1. The maximum atomic E-state index is 13.5. The molecule has 5 rings (SSSR count). The third kappa shape index (κ3) is 1.93. The van der Waals surface area contributed by atoms with Crippen LogP contribution in [-0.2, 0) is 23.8 Å². The van der Waals surface area contributed by atoms with Crippen LogP contribution in [0.2, 0.25) is 0 Å². The number of carbonyl (C=O) groups excluding carboxylic acids is 2. The summed E-state index contributed by atoms with van der Waals surface area (Å²) in [5.41, 5.74) is 1.22. The fraction of sp³-hybridized carbons (Fsp3) is 0.818. The SMILES string of the molecule is CC(=O)OCC1=C(C)CC[C@@]2(C)C1C[C@@H]1O[C@@]13C(=O)C(C(C)C)C[C@@H]1O[C@]123. The number of ether oxygens (including phenoxy) is 3. The van der Waals surface area contributed by atoms with Gasteiger partial charge in [0.2, 0.25) is 0 Å². The van der Waals surface area contributed by atoms with E-state index >= 15 is 0 Å². The number of carbonyl (C=O) groups is 2. The zero-order valence-electron chi connectivity index (χ0n) is 17.0. The Morgan fingerprint density at radius 3 is 2.67 bits per heavy atom. The van der Waals surface area contributed by atoms with Gasteiger partial charge >= 0.3 is 5.97 Å². The maximum absolute atomic E-state index is 13.5. The van der Waals surface area contributed by atoms with Gasteiger partial charge in [-0.2, -0.15) is 0 Å². The molecule has 2 heterocycles. The molecule has 0 aromatic rings. The Morgan fingerprint density at radius 1 is 1.26 bits per heavy atom. The summed E-state index contributed by atoms with van der Waals surface area (Å²) in [5.74, 6) is 0.639.